The third kappa shape index (κ3) is 17.9. The zero-order valence-corrected chi connectivity index (χ0v) is 26.9. The highest BCUT2D eigenvalue weighted by Gasteiger charge is 2.08. The molecule has 230 valence electrons. The molecule has 2 aromatic rings. The van der Waals surface area contributed by atoms with Crippen molar-refractivity contribution in [2.45, 2.75) is 124 Å². The van der Waals surface area contributed by atoms with Crippen LogP contribution in [-0.4, -0.2) is 29.1 Å². The lowest BCUT2D eigenvalue weighted by Gasteiger charge is -2.22. The first-order valence-electron chi connectivity index (χ1n) is 16.6. The van der Waals surface area contributed by atoms with Gasteiger partial charge in [-0.2, -0.15) is 0 Å². The number of nitrogens with zero attached hydrogens (tertiary/aromatic N) is 1. The first-order chi connectivity index (χ1) is 20.3. The molecule has 0 aliphatic rings. The van der Waals surface area contributed by atoms with Crippen molar-refractivity contribution in [3.8, 4) is 11.8 Å². The van der Waals surface area contributed by atoms with E-state index in [1.807, 2.05) is 6.08 Å². The molecule has 0 heterocycles. The number of rotatable bonds is 22. The van der Waals surface area contributed by atoms with Gasteiger partial charge in [0.05, 0.1) is 0 Å². The minimum Gasteiger partial charge on any atom is -0.481 e. The van der Waals surface area contributed by atoms with Crippen LogP contribution in [0, 0.1) is 17.3 Å². The molecule has 3 heteroatoms. The molecule has 0 aliphatic carbocycles. The highest BCUT2D eigenvalue weighted by molar-refractivity contribution is 5.85. The molecule has 0 spiro atoms. The number of unbranched alkanes of at least 4 members (excludes halogenated alkanes) is 12. The van der Waals surface area contributed by atoms with Gasteiger partial charge in [0.25, 0.3) is 0 Å². The lowest BCUT2D eigenvalue weighted by atomic mass is 9.98. The molecule has 0 bridgehead atoms. The van der Waals surface area contributed by atoms with Gasteiger partial charge in [0.15, 0.2) is 0 Å². The molecule has 1 N–H and O–H groups in total. The van der Waals surface area contributed by atoms with Crippen LogP contribution in [0.25, 0.3) is 10.8 Å². The number of carboxylic acid groups (broad SMARTS) is 1. The van der Waals surface area contributed by atoms with E-state index in [1.165, 1.54) is 80.5 Å². The maximum atomic E-state index is 10.5. The van der Waals surface area contributed by atoms with Crippen LogP contribution in [0.1, 0.15) is 123 Å². The summed E-state index contributed by atoms with van der Waals surface area (Å²) in [6.07, 6.45) is 26.3. The van der Waals surface area contributed by atoms with E-state index in [9.17, 15) is 4.79 Å². The van der Waals surface area contributed by atoms with Gasteiger partial charge in [0, 0.05) is 24.9 Å². The molecular weight excluding hydrogens is 514 g/mol. The van der Waals surface area contributed by atoms with Gasteiger partial charge in [-0.25, -0.2) is 0 Å². The minimum atomic E-state index is -0.671. The van der Waals surface area contributed by atoms with Gasteiger partial charge < -0.3 is 5.11 Å². The summed E-state index contributed by atoms with van der Waals surface area (Å²) < 4.78 is 0. The van der Waals surface area contributed by atoms with Crippen LogP contribution >= 0.6 is 0 Å². The van der Waals surface area contributed by atoms with Crippen LogP contribution in [0.5, 0.6) is 0 Å². The van der Waals surface area contributed by atoms with E-state index in [-0.39, 0.29) is 5.41 Å². The standard InChI is InChI=1S/C39H57NO2/c1-39(2,3)31-22-18-24-33-40(34-36-28-25-27-35-26-20-21-29-37(35)36)32-23-17-15-13-11-9-7-5-4-6-8-10-12-14-16-19-30-38(41)42/h4,6,18,20-21,24-29H,5,7-17,19,23,30,32-34H2,1-3H3,(H,41,42)/b6-4-,24-18+. The maximum absolute atomic E-state index is 10.5. The van der Waals surface area contributed by atoms with Crippen LogP contribution in [0.2, 0.25) is 0 Å². The fraction of sp³-hybridized carbons (Fsp3) is 0.564. The molecular formula is C39H57NO2. The summed E-state index contributed by atoms with van der Waals surface area (Å²) in [6.45, 7) is 9.48. The lowest BCUT2D eigenvalue weighted by Crippen LogP contribution is -2.24. The summed E-state index contributed by atoms with van der Waals surface area (Å²) in [6, 6.07) is 15.4. The Kier molecular flexibility index (Phi) is 18.4. The predicted octanol–water partition coefficient (Wildman–Crippen LogP) is 10.7. The van der Waals surface area contributed by atoms with Crippen molar-refractivity contribution in [1.29, 1.82) is 0 Å². The Bertz CT molecular complexity index is 1120. The second kappa shape index (κ2) is 21.8. The van der Waals surface area contributed by atoms with Crippen molar-refractivity contribution in [2.24, 2.45) is 5.41 Å². The van der Waals surface area contributed by atoms with Gasteiger partial charge in [0.1, 0.15) is 0 Å². The van der Waals surface area contributed by atoms with Crippen molar-refractivity contribution in [3.63, 3.8) is 0 Å². The summed E-state index contributed by atoms with van der Waals surface area (Å²) in [5.74, 6) is 5.86. The Morgan fingerprint density at radius 3 is 2.02 bits per heavy atom. The highest BCUT2D eigenvalue weighted by Crippen LogP contribution is 2.20. The summed E-state index contributed by atoms with van der Waals surface area (Å²) in [5, 5.41) is 11.3. The van der Waals surface area contributed by atoms with Crippen LogP contribution in [0.15, 0.2) is 66.8 Å². The first-order valence-corrected chi connectivity index (χ1v) is 16.6. The fourth-order valence-electron chi connectivity index (χ4n) is 5.21. The Labute approximate surface area is 257 Å². The molecule has 0 amide bonds. The zero-order valence-electron chi connectivity index (χ0n) is 26.9. The van der Waals surface area contributed by atoms with Gasteiger partial charge in [-0.15, -0.1) is 0 Å². The first kappa shape index (κ1) is 35.4. The van der Waals surface area contributed by atoms with E-state index >= 15 is 0 Å². The average molecular weight is 572 g/mol. The van der Waals surface area contributed by atoms with Crippen molar-refractivity contribution in [1.82, 2.24) is 4.90 Å². The number of hydrogen-bond acceptors (Lipinski definition) is 2. The van der Waals surface area contributed by atoms with Crippen LogP contribution < -0.4 is 0 Å². The number of hydrogen-bond donors (Lipinski definition) is 1. The number of benzene rings is 2. The monoisotopic (exact) mass is 571 g/mol. The molecule has 42 heavy (non-hydrogen) atoms. The average Bonchev–Trinajstić information content (AvgIpc) is 2.95. The molecule has 3 nitrogen and oxygen atoms in total. The Hall–Kier alpha value is -2.83. The van der Waals surface area contributed by atoms with E-state index < -0.39 is 5.97 Å². The second-order valence-electron chi connectivity index (χ2n) is 12.7. The molecule has 0 saturated carbocycles. The highest BCUT2D eigenvalue weighted by atomic mass is 16.4. The summed E-state index contributed by atoms with van der Waals surface area (Å²) in [5.41, 5.74) is 1.45. The van der Waals surface area contributed by atoms with E-state index in [1.54, 1.807) is 0 Å². The van der Waals surface area contributed by atoms with Crippen molar-refractivity contribution < 1.29 is 9.90 Å². The topological polar surface area (TPSA) is 40.5 Å². The van der Waals surface area contributed by atoms with Gasteiger partial charge in [-0.1, -0.05) is 124 Å². The zero-order chi connectivity index (χ0) is 30.3. The molecule has 0 saturated heterocycles. The van der Waals surface area contributed by atoms with Gasteiger partial charge in [-0.05, 0) is 88.3 Å². The van der Waals surface area contributed by atoms with Crippen molar-refractivity contribution in [2.75, 3.05) is 13.1 Å². The van der Waals surface area contributed by atoms with E-state index in [2.05, 4.69) is 98.2 Å². The second-order valence-corrected chi connectivity index (χ2v) is 12.7. The third-order valence-electron chi connectivity index (χ3n) is 7.56. The fourth-order valence-corrected chi connectivity index (χ4v) is 5.21. The Balaban J connectivity index is 1.61. The Morgan fingerprint density at radius 1 is 0.762 bits per heavy atom. The SMILES string of the molecule is CC(C)(C)C#C/C=C/CN(CCCCCCCCC/C=C\CCCCCCCC(=O)O)Cc1cccc2ccccc12. The molecule has 2 aromatic carbocycles. The van der Waals surface area contributed by atoms with Crippen LogP contribution in [0.3, 0.4) is 0 Å². The third-order valence-corrected chi connectivity index (χ3v) is 7.56. The summed E-state index contributed by atoms with van der Waals surface area (Å²) >= 11 is 0. The van der Waals surface area contributed by atoms with E-state index in [0.717, 1.165) is 45.3 Å². The molecule has 2 rings (SSSR count). The number of carboxylic acids is 1. The molecule has 0 atom stereocenters. The van der Waals surface area contributed by atoms with Crippen LogP contribution in [0.4, 0.5) is 0 Å². The molecule has 0 aliphatic heterocycles. The van der Waals surface area contributed by atoms with Gasteiger partial charge in [-0.3, -0.25) is 9.69 Å². The van der Waals surface area contributed by atoms with Crippen molar-refractivity contribution in [3.05, 3.63) is 72.3 Å². The maximum Gasteiger partial charge on any atom is 0.303 e. The minimum absolute atomic E-state index is 0.0386. The summed E-state index contributed by atoms with van der Waals surface area (Å²) in [7, 11) is 0. The molecule has 0 fully saturated rings. The smallest absolute Gasteiger partial charge is 0.303 e. The van der Waals surface area contributed by atoms with Gasteiger partial charge in [0.2, 0.25) is 0 Å². The number of aliphatic carboxylic acids is 1. The Morgan fingerprint density at radius 2 is 1.36 bits per heavy atom. The lowest BCUT2D eigenvalue weighted by molar-refractivity contribution is -0.137. The molecule has 0 aromatic heterocycles. The molecule has 0 radical (unpaired) electrons. The van der Waals surface area contributed by atoms with E-state index in [0.29, 0.717) is 6.42 Å². The van der Waals surface area contributed by atoms with Crippen LogP contribution in [-0.2, 0) is 11.3 Å². The number of fused-ring (bicyclic) bond motifs is 1. The summed E-state index contributed by atoms with van der Waals surface area (Å²) in [4.78, 5) is 13.1. The largest absolute Gasteiger partial charge is 0.481 e. The normalized spacial score (nSPS) is 12.0. The van der Waals surface area contributed by atoms with Gasteiger partial charge >= 0.3 is 5.97 Å². The van der Waals surface area contributed by atoms with E-state index in [4.69, 9.17) is 5.11 Å². The quantitative estimate of drug-likeness (QED) is 0.0868. The number of allylic oxidation sites excluding steroid dienone is 3. The van der Waals surface area contributed by atoms with Crippen molar-refractivity contribution >= 4 is 16.7 Å². The predicted molar refractivity (Wildman–Crippen MR) is 182 cm³/mol. The number of carbonyl (C=O) groups is 1. The molecule has 0 unspecified atom stereocenters.